The van der Waals surface area contributed by atoms with Crippen LogP contribution in [0.15, 0.2) is 60.7 Å². The summed E-state index contributed by atoms with van der Waals surface area (Å²) >= 11 is 0. The number of aryl methyl sites for hydroxylation is 1. The first kappa shape index (κ1) is 16.1. The van der Waals surface area contributed by atoms with Crippen LogP contribution >= 0.6 is 0 Å². The lowest BCUT2D eigenvalue weighted by Gasteiger charge is -2.16. The molecule has 3 aromatic rings. The van der Waals surface area contributed by atoms with Crippen molar-refractivity contribution in [3.05, 3.63) is 77.4 Å². The van der Waals surface area contributed by atoms with E-state index in [9.17, 15) is 5.26 Å². The van der Waals surface area contributed by atoms with Gasteiger partial charge in [-0.1, -0.05) is 61.5 Å². The molecule has 3 rings (SSSR count). The summed E-state index contributed by atoms with van der Waals surface area (Å²) in [6.45, 7) is 2.14. The van der Waals surface area contributed by atoms with Gasteiger partial charge in [0.05, 0.1) is 19.1 Å². The molecule has 0 saturated heterocycles. The predicted molar refractivity (Wildman–Crippen MR) is 98.4 cm³/mol. The van der Waals surface area contributed by atoms with E-state index in [-0.39, 0.29) is 5.92 Å². The summed E-state index contributed by atoms with van der Waals surface area (Å²) in [5.74, 6) is 0.657. The first-order valence-corrected chi connectivity index (χ1v) is 8.30. The van der Waals surface area contributed by atoms with Crippen LogP contribution < -0.4 is 4.74 Å². The third kappa shape index (κ3) is 3.12. The van der Waals surface area contributed by atoms with E-state index in [1.165, 1.54) is 10.9 Å². The Morgan fingerprint density at radius 3 is 2.58 bits per heavy atom. The van der Waals surface area contributed by atoms with Crippen LogP contribution in [0.2, 0.25) is 0 Å². The second-order valence-electron chi connectivity index (χ2n) is 5.95. The van der Waals surface area contributed by atoms with E-state index in [2.05, 4.69) is 49.4 Å². The highest BCUT2D eigenvalue weighted by Crippen LogP contribution is 2.31. The molecule has 2 heteroatoms. The molecule has 24 heavy (non-hydrogen) atoms. The fourth-order valence-corrected chi connectivity index (χ4v) is 3.21. The molecular weight excluding hydrogens is 294 g/mol. The van der Waals surface area contributed by atoms with Crippen molar-refractivity contribution < 1.29 is 4.74 Å². The van der Waals surface area contributed by atoms with Gasteiger partial charge in [-0.05, 0) is 46.4 Å². The summed E-state index contributed by atoms with van der Waals surface area (Å²) in [6.07, 6.45) is 1.63. The number of ether oxygens (including phenoxy) is 1. The van der Waals surface area contributed by atoms with E-state index in [4.69, 9.17) is 4.74 Å². The number of hydrogen-bond donors (Lipinski definition) is 0. The molecule has 0 amide bonds. The minimum atomic E-state index is -0.197. The Morgan fingerprint density at radius 1 is 1.04 bits per heavy atom. The quantitative estimate of drug-likeness (QED) is 0.643. The summed E-state index contributed by atoms with van der Waals surface area (Å²) in [5.41, 5.74) is 3.44. The monoisotopic (exact) mass is 315 g/mol. The first-order chi connectivity index (χ1) is 11.8. The van der Waals surface area contributed by atoms with E-state index in [1.807, 2.05) is 24.3 Å². The first-order valence-electron chi connectivity index (χ1n) is 8.30. The summed E-state index contributed by atoms with van der Waals surface area (Å²) in [7, 11) is 1.68. The standard InChI is InChI=1S/C22H21NO/c1-3-16-11-12-22(24-2)18(13-16)14-19(15-23)21-10-6-8-17-7-4-5-9-20(17)21/h4-13,19H,3,14H2,1-2H3. The zero-order valence-corrected chi connectivity index (χ0v) is 14.1. The molecule has 0 aliphatic rings. The molecule has 0 bridgehead atoms. The van der Waals surface area contributed by atoms with Gasteiger partial charge >= 0.3 is 0 Å². The fraction of sp³-hybridized carbons (Fsp3) is 0.227. The van der Waals surface area contributed by atoms with E-state index < -0.39 is 0 Å². The molecule has 0 heterocycles. The lowest BCUT2D eigenvalue weighted by molar-refractivity contribution is 0.409. The molecule has 2 nitrogen and oxygen atoms in total. The summed E-state index contributed by atoms with van der Waals surface area (Å²) in [4.78, 5) is 0. The molecule has 120 valence electrons. The third-order valence-electron chi connectivity index (χ3n) is 4.53. The molecule has 0 aliphatic heterocycles. The third-order valence-corrected chi connectivity index (χ3v) is 4.53. The van der Waals surface area contributed by atoms with Crippen molar-refractivity contribution in [3.63, 3.8) is 0 Å². The molecule has 0 fully saturated rings. The minimum Gasteiger partial charge on any atom is -0.496 e. The van der Waals surface area contributed by atoms with Gasteiger partial charge in [0, 0.05) is 0 Å². The van der Waals surface area contributed by atoms with Gasteiger partial charge in [-0.3, -0.25) is 0 Å². The highest BCUT2D eigenvalue weighted by Gasteiger charge is 2.17. The van der Waals surface area contributed by atoms with Crippen LogP contribution in [0.3, 0.4) is 0 Å². The number of nitriles is 1. The van der Waals surface area contributed by atoms with Gasteiger partial charge in [0.1, 0.15) is 5.75 Å². The molecule has 0 saturated carbocycles. The SMILES string of the molecule is CCc1ccc(OC)c(CC(C#N)c2cccc3ccccc23)c1. The maximum Gasteiger partial charge on any atom is 0.122 e. The van der Waals surface area contributed by atoms with Crippen LogP contribution in [-0.2, 0) is 12.8 Å². The van der Waals surface area contributed by atoms with Crippen LogP contribution in [0.25, 0.3) is 10.8 Å². The zero-order chi connectivity index (χ0) is 16.9. The maximum atomic E-state index is 9.80. The van der Waals surface area contributed by atoms with Crippen molar-refractivity contribution in [1.29, 1.82) is 5.26 Å². The van der Waals surface area contributed by atoms with Crippen molar-refractivity contribution in [2.24, 2.45) is 0 Å². The predicted octanol–water partition coefficient (Wildman–Crippen LogP) is 5.26. The van der Waals surface area contributed by atoms with Crippen LogP contribution in [0.5, 0.6) is 5.75 Å². The Morgan fingerprint density at radius 2 is 1.83 bits per heavy atom. The fourth-order valence-electron chi connectivity index (χ4n) is 3.21. The van der Waals surface area contributed by atoms with E-state index in [0.29, 0.717) is 6.42 Å². The molecule has 0 N–H and O–H groups in total. The summed E-state index contributed by atoms with van der Waals surface area (Å²) in [5, 5.41) is 12.1. The number of hydrogen-bond acceptors (Lipinski definition) is 2. The van der Waals surface area contributed by atoms with Crippen LogP contribution in [0, 0.1) is 11.3 Å². The van der Waals surface area contributed by atoms with E-state index in [1.54, 1.807) is 7.11 Å². The Bertz CT molecular complexity index is 887. The molecule has 0 spiro atoms. The highest BCUT2D eigenvalue weighted by atomic mass is 16.5. The smallest absolute Gasteiger partial charge is 0.122 e. The van der Waals surface area contributed by atoms with Crippen molar-refractivity contribution in [3.8, 4) is 11.8 Å². The van der Waals surface area contributed by atoms with Crippen molar-refractivity contribution in [2.45, 2.75) is 25.7 Å². The molecular formula is C22H21NO. The van der Waals surface area contributed by atoms with Crippen LogP contribution in [0.1, 0.15) is 29.5 Å². The van der Waals surface area contributed by atoms with E-state index >= 15 is 0 Å². The van der Waals surface area contributed by atoms with Crippen molar-refractivity contribution >= 4 is 10.8 Å². The average molecular weight is 315 g/mol. The van der Waals surface area contributed by atoms with Gasteiger partial charge in [-0.15, -0.1) is 0 Å². The van der Waals surface area contributed by atoms with Gasteiger partial charge in [-0.2, -0.15) is 5.26 Å². The Kier molecular flexibility index (Phi) is 4.82. The van der Waals surface area contributed by atoms with Crippen molar-refractivity contribution in [1.82, 2.24) is 0 Å². The van der Waals surface area contributed by atoms with Gasteiger partial charge in [-0.25, -0.2) is 0 Å². The molecule has 3 aromatic carbocycles. The largest absolute Gasteiger partial charge is 0.496 e. The highest BCUT2D eigenvalue weighted by molar-refractivity contribution is 5.86. The number of nitrogens with zero attached hydrogens (tertiary/aromatic N) is 1. The molecule has 0 aromatic heterocycles. The van der Waals surface area contributed by atoms with Gasteiger partial charge in [0.25, 0.3) is 0 Å². The summed E-state index contributed by atoms with van der Waals surface area (Å²) in [6, 6.07) is 23.2. The topological polar surface area (TPSA) is 33.0 Å². The molecule has 0 aliphatic carbocycles. The van der Waals surface area contributed by atoms with Crippen molar-refractivity contribution in [2.75, 3.05) is 7.11 Å². The Hall–Kier alpha value is -2.79. The normalized spacial score (nSPS) is 11.9. The molecule has 1 unspecified atom stereocenters. The summed E-state index contributed by atoms with van der Waals surface area (Å²) < 4.78 is 5.50. The van der Waals surface area contributed by atoms with Gasteiger partial charge in [0.2, 0.25) is 0 Å². The van der Waals surface area contributed by atoms with E-state index in [0.717, 1.165) is 28.7 Å². The lowest BCUT2D eigenvalue weighted by atomic mass is 9.88. The van der Waals surface area contributed by atoms with Crippen LogP contribution in [-0.4, -0.2) is 7.11 Å². The second kappa shape index (κ2) is 7.19. The van der Waals surface area contributed by atoms with Gasteiger partial charge in [0.15, 0.2) is 0 Å². The van der Waals surface area contributed by atoms with Crippen LogP contribution in [0.4, 0.5) is 0 Å². The second-order valence-corrected chi connectivity index (χ2v) is 5.95. The molecule has 0 radical (unpaired) electrons. The minimum absolute atomic E-state index is 0.197. The number of benzene rings is 3. The number of fused-ring (bicyclic) bond motifs is 1. The average Bonchev–Trinajstić information content (AvgIpc) is 2.65. The number of rotatable bonds is 5. The Balaban J connectivity index is 2.03. The molecule has 1 atom stereocenters. The van der Waals surface area contributed by atoms with Gasteiger partial charge < -0.3 is 4.74 Å². The zero-order valence-electron chi connectivity index (χ0n) is 14.1. The maximum absolute atomic E-state index is 9.80. The lowest BCUT2D eigenvalue weighted by Crippen LogP contribution is -2.04. The number of methoxy groups -OCH3 is 1. The Labute approximate surface area is 143 Å².